The van der Waals surface area contributed by atoms with Crippen LogP contribution in [-0.2, 0) is 0 Å². The van der Waals surface area contributed by atoms with Crippen LogP contribution in [0.5, 0.6) is 0 Å². The summed E-state index contributed by atoms with van der Waals surface area (Å²) in [4.78, 5) is 0. The molecule has 0 saturated heterocycles. The summed E-state index contributed by atoms with van der Waals surface area (Å²) in [5, 5.41) is 0. The number of allylic oxidation sites excluding steroid dienone is 3. The Bertz CT molecular complexity index is 136. The van der Waals surface area contributed by atoms with Gasteiger partial charge in [-0.2, -0.15) is 0 Å². The Balaban J connectivity index is 3.19. The Labute approximate surface area is 72.4 Å². The van der Waals surface area contributed by atoms with E-state index in [-0.39, 0.29) is 0 Å². The van der Waals surface area contributed by atoms with E-state index in [1.54, 1.807) is 12.2 Å². The van der Waals surface area contributed by atoms with Gasteiger partial charge in [0, 0.05) is 0 Å². The molecule has 0 aliphatic carbocycles. The van der Waals surface area contributed by atoms with Crippen LogP contribution in [0.3, 0.4) is 0 Å². The molecule has 0 spiro atoms. The predicted octanol–water partition coefficient (Wildman–Crippen LogP) is 4.09. The fourth-order valence-electron chi connectivity index (χ4n) is 0.997. The third-order valence-electron chi connectivity index (χ3n) is 1.66. The number of hydrogen-bond acceptors (Lipinski definition) is 0. The molecule has 0 aromatic carbocycles. The van der Waals surface area contributed by atoms with E-state index in [0.29, 0.717) is 6.05 Å². The minimum atomic E-state index is 0.710. The van der Waals surface area contributed by atoms with Crippen molar-refractivity contribution in [2.45, 2.75) is 45.4 Å². The Hall–Kier alpha value is -0.520. The van der Waals surface area contributed by atoms with E-state index in [0.717, 1.165) is 12.8 Å². The van der Waals surface area contributed by atoms with Crippen LogP contribution in [0.4, 0.5) is 0 Å². The van der Waals surface area contributed by atoms with E-state index in [1.165, 1.54) is 25.7 Å². The zero-order valence-corrected chi connectivity index (χ0v) is 7.60. The van der Waals surface area contributed by atoms with Crippen LogP contribution in [0.1, 0.15) is 46.8 Å². The Morgan fingerprint density at radius 3 is 2.64 bits per heavy atom. The van der Waals surface area contributed by atoms with Gasteiger partial charge in [0.15, 0.2) is 0 Å². The molecule has 0 heteroatoms. The first kappa shape index (κ1) is 8.58. The molecule has 0 atom stereocenters. The summed E-state index contributed by atoms with van der Waals surface area (Å²) in [5.74, 6) is 0. The molecule has 0 saturated carbocycles. The first-order valence-corrected chi connectivity index (χ1v) is 4.59. The van der Waals surface area contributed by atoms with Crippen LogP contribution >= 0.6 is 0 Å². The van der Waals surface area contributed by atoms with Crippen molar-refractivity contribution < 1.29 is 1.37 Å². The van der Waals surface area contributed by atoms with E-state index in [1.807, 2.05) is 0 Å². The van der Waals surface area contributed by atoms with Crippen molar-refractivity contribution in [1.29, 1.82) is 0 Å². The molecule has 11 heavy (non-hydrogen) atoms. The Morgan fingerprint density at radius 2 is 2.00 bits per heavy atom. The summed E-state index contributed by atoms with van der Waals surface area (Å²) < 4.78 is 7.44. The lowest BCUT2D eigenvalue weighted by atomic mass is 10.1. The fourth-order valence-corrected chi connectivity index (χ4v) is 0.997. The van der Waals surface area contributed by atoms with Gasteiger partial charge in [-0.05, 0) is 12.8 Å². The van der Waals surface area contributed by atoms with Crippen LogP contribution in [0.2, 0.25) is 0 Å². The molecule has 0 heterocycles. The highest BCUT2D eigenvalue weighted by molar-refractivity contribution is 4.96. The lowest BCUT2D eigenvalue weighted by molar-refractivity contribution is 0.637. The molecule has 0 N–H and O–H groups in total. The summed E-state index contributed by atoms with van der Waals surface area (Å²) in [5.41, 5.74) is 0. The molecule has 0 aliphatic rings. The van der Waals surface area contributed by atoms with Crippen molar-refractivity contribution >= 4 is 0 Å². The van der Waals surface area contributed by atoms with Gasteiger partial charge in [0.05, 0.1) is 1.37 Å². The van der Waals surface area contributed by atoms with Crippen molar-refractivity contribution in [1.82, 2.24) is 0 Å². The van der Waals surface area contributed by atoms with Gasteiger partial charge in [0.25, 0.3) is 0 Å². The lowest BCUT2D eigenvalue weighted by Crippen LogP contribution is -1.75. The highest BCUT2D eigenvalue weighted by atomic mass is 13.9. The van der Waals surface area contributed by atoms with Gasteiger partial charge in [-0.1, -0.05) is 57.4 Å². The molecule has 0 aromatic heterocycles. The second-order valence-corrected chi connectivity index (χ2v) is 2.77. The largest absolute Gasteiger partial charge is 0.0991 e. The highest BCUT2D eigenvalue weighted by Crippen LogP contribution is 2.04. The maximum Gasteiger partial charge on any atom is 0.0576 e. The van der Waals surface area contributed by atoms with E-state index < -0.39 is 0 Å². The Kier molecular flexibility index (Phi) is 7.39. The summed E-state index contributed by atoms with van der Waals surface area (Å²) in [6.45, 7) is 5.78. The third-order valence-corrected chi connectivity index (χ3v) is 1.66. The normalized spacial score (nSPS) is 12.8. The maximum absolute atomic E-state index is 7.44. The van der Waals surface area contributed by atoms with Gasteiger partial charge in [-0.3, -0.25) is 0 Å². The van der Waals surface area contributed by atoms with E-state index >= 15 is 0 Å². The number of unbranched alkanes of at least 4 members (excludes halogenated alkanes) is 4. The molecule has 0 aromatic rings. The van der Waals surface area contributed by atoms with Gasteiger partial charge in [0.2, 0.25) is 0 Å². The van der Waals surface area contributed by atoms with Gasteiger partial charge in [0.1, 0.15) is 0 Å². The molecule has 0 amide bonds. The standard InChI is InChI=1S/C11H20/c1-3-5-7-9-11-10-8-6-4-2/h3,5,7H,1,4,6,8-11H2,2H3/b7-5+/i7D. The van der Waals surface area contributed by atoms with Gasteiger partial charge < -0.3 is 0 Å². The van der Waals surface area contributed by atoms with E-state index in [4.69, 9.17) is 1.37 Å². The molecule has 64 valence electrons. The molecule has 0 nitrogen and oxygen atoms in total. The van der Waals surface area contributed by atoms with E-state index in [2.05, 4.69) is 13.5 Å². The molecule has 0 radical (unpaired) electrons. The van der Waals surface area contributed by atoms with Crippen molar-refractivity contribution in [3.05, 3.63) is 24.8 Å². The monoisotopic (exact) mass is 153 g/mol. The molecule has 0 unspecified atom stereocenters. The van der Waals surface area contributed by atoms with Crippen LogP contribution < -0.4 is 0 Å². The van der Waals surface area contributed by atoms with Crippen molar-refractivity contribution in [2.24, 2.45) is 0 Å². The summed E-state index contributed by atoms with van der Waals surface area (Å²) >= 11 is 0. The average Bonchev–Trinajstić information content (AvgIpc) is 2.05. The molecule has 0 aliphatic heterocycles. The van der Waals surface area contributed by atoms with Gasteiger partial charge in [-0.25, -0.2) is 0 Å². The minimum absolute atomic E-state index is 0.710. The smallest absolute Gasteiger partial charge is 0.0576 e. The first-order chi connectivity index (χ1) is 5.81. The second kappa shape index (κ2) is 9.48. The van der Waals surface area contributed by atoms with Crippen LogP contribution in [-0.4, -0.2) is 0 Å². The van der Waals surface area contributed by atoms with Gasteiger partial charge in [-0.15, -0.1) is 0 Å². The SMILES string of the molecule is [2H]/C(=C\C=C)CCCCCCC. The van der Waals surface area contributed by atoms with Crippen molar-refractivity contribution in [2.75, 3.05) is 0 Å². The van der Waals surface area contributed by atoms with E-state index in [9.17, 15) is 0 Å². The Morgan fingerprint density at radius 1 is 1.27 bits per heavy atom. The van der Waals surface area contributed by atoms with Crippen molar-refractivity contribution in [3.8, 4) is 0 Å². The topological polar surface area (TPSA) is 0 Å². The minimum Gasteiger partial charge on any atom is -0.0991 e. The molecule has 0 bridgehead atoms. The summed E-state index contributed by atoms with van der Waals surface area (Å²) in [6.07, 6.45) is 10.7. The maximum atomic E-state index is 7.44. The molecular formula is C11H20. The van der Waals surface area contributed by atoms with Crippen LogP contribution in [0.15, 0.2) is 24.8 Å². The molecule has 0 fully saturated rings. The highest BCUT2D eigenvalue weighted by Gasteiger charge is 1.85. The average molecular weight is 153 g/mol. The van der Waals surface area contributed by atoms with Crippen LogP contribution in [0.25, 0.3) is 0 Å². The number of rotatable bonds is 7. The van der Waals surface area contributed by atoms with Gasteiger partial charge >= 0.3 is 0 Å². The van der Waals surface area contributed by atoms with Crippen molar-refractivity contribution in [3.63, 3.8) is 0 Å². The zero-order chi connectivity index (χ0) is 9.23. The summed E-state index contributed by atoms with van der Waals surface area (Å²) in [7, 11) is 0. The first-order valence-electron chi connectivity index (χ1n) is 5.09. The quantitative estimate of drug-likeness (QED) is 0.382. The second-order valence-electron chi connectivity index (χ2n) is 2.77. The zero-order valence-electron chi connectivity index (χ0n) is 8.60. The predicted molar refractivity (Wildman–Crippen MR) is 52.7 cm³/mol. The summed E-state index contributed by atoms with van der Waals surface area (Å²) in [6, 6.07) is 0.710. The molecular weight excluding hydrogens is 132 g/mol. The third kappa shape index (κ3) is 9.48. The molecule has 0 rings (SSSR count). The van der Waals surface area contributed by atoms with Crippen LogP contribution in [0, 0.1) is 0 Å². The fraction of sp³-hybridized carbons (Fsp3) is 0.636. The lowest BCUT2D eigenvalue weighted by Gasteiger charge is -1.95. The number of hydrogen-bond donors (Lipinski definition) is 0.